The quantitative estimate of drug-likeness (QED) is 0.819. The highest BCUT2D eigenvalue weighted by Gasteiger charge is 2.10. The van der Waals surface area contributed by atoms with Gasteiger partial charge in [-0.25, -0.2) is 0 Å². The summed E-state index contributed by atoms with van der Waals surface area (Å²) >= 11 is 0. The molecule has 21 heavy (non-hydrogen) atoms. The van der Waals surface area contributed by atoms with Gasteiger partial charge in [0.1, 0.15) is 5.75 Å². The molecule has 0 saturated carbocycles. The highest BCUT2D eigenvalue weighted by Crippen LogP contribution is 2.12. The van der Waals surface area contributed by atoms with E-state index in [1.54, 1.807) is 24.3 Å². The van der Waals surface area contributed by atoms with Crippen molar-refractivity contribution in [2.24, 2.45) is 0 Å². The van der Waals surface area contributed by atoms with Crippen molar-refractivity contribution in [2.75, 3.05) is 13.7 Å². The lowest BCUT2D eigenvalue weighted by Crippen LogP contribution is -2.30. The molecule has 4 heteroatoms. The molecular formula is C17H20N2O2. The molecular weight excluding hydrogens is 264 g/mol. The maximum absolute atomic E-state index is 12.0. The highest BCUT2D eigenvalue weighted by atomic mass is 16.5. The summed E-state index contributed by atoms with van der Waals surface area (Å²) in [6.07, 6.45) is 4.44. The van der Waals surface area contributed by atoms with Crippen LogP contribution < -0.4 is 4.74 Å². The van der Waals surface area contributed by atoms with Gasteiger partial charge in [0.05, 0.1) is 0 Å². The van der Waals surface area contributed by atoms with Gasteiger partial charge in [-0.3, -0.25) is 9.78 Å². The first-order valence-corrected chi connectivity index (χ1v) is 7.03. The van der Waals surface area contributed by atoms with E-state index in [2.05, 4.69) is 11.9 Å². The first kappa shape index (κ1) is 15.0. The smallest absolute Gasteiger partial charge is 0.260 e. The van der Waals surface area contributed by atoms with Crippen molar-refractivity contribution in [3.8, 4) is 5.75 Å². The van der Waals surface area contributed by atoms with Crippen molar-refractivity contribution in [3.63, 3.8) is 0 Å². The largest absolute Gasteiger partial charge is 0.484 e. The number of amides is 1. The highest BCUT2D eigenvalue weighted by molar-refractivity contribution is 5.77. The topological polar surface area (TPSA) is 42.4 Å². The molecule has 0 atom stereocenters. The molecule has 0 N–H and O–H groups in total. The number of pyridine rings is 1. The number of aryl methyl sites for hydroxylation is 1. The lowest BCUT2D eigenvalue weighted by atomic mass is 10.2. The molecule has 2 aromatic rings. The number of ether oxygens (including phenoxy) is 1. The molecule has 0 aliphatic carbocycles. The first-order valence-electron chi connectivity index (χ1n) is 7.03. The van der Waals surface area contributed by atoms with Crippen molar-refractivity contribution in [3.05, 3.63) is 59.9 Å². The van der Waals surface area contributed by atoms with Crippen LogP contribution in [0.1, 0.15) is 18.1 Å². The van der Waals surface area contributed by atoms with Crippen LogP contribution >= 0.6 is 0 Å². The summed E-state index contributed by atoms with van der Waals surface area (Å²) in [6.45, 7) is 2.71. The predicted molar refractivity (Wildman–Crippen MR) is 82.0 cm³/mol. The van der Waals surface area contributed by atoms with Crippen LogP contribution in [0.3, 0.4) is 0 Å². The Morgan fingerprint density at radius 3 is 2.38 bits per heavy atom. The third kappa shape index (κ3) is 4.60. The molecule has 0 aliphatic heterocycles. The van der Waals surface area contributed by atoms with Crippen LogP contribution in [0.2, 0.25) is 0 Å². The van der Waals surface area contributed by atoms with Gasteiger partial charge in [-0.2, -0.15) is 0 Å². The van der Waals surface area contributed by atoms with Crippen molar-refractivity contribution in [2.45, 2.75) is 19.9 Å². The fraction of sp³-hybridized carbons (Fsp3) is 0.294. The van der Waals surface area contributed by atoms with Gasteiger partial charge in [-0.1, -0.05) is 19.1 Å². The normalized spacial score (nSPS) is 10.2. The summed E-state index contributed by atoms with van der Waals surface area (Å²) in [6, 6.07) is 11.6. The summed E-state index contributed by atoms with van der Waals surface area (Å²) in [5.74, 6) is 0.671. The van der Waals surface area contributed by atoms with Gasteiger partial charge < -0.3 is 9.64 Å². The van der Waals surface area contributed by atoms with E-state index in [1.807, 2.05) is 36.4 Å². The molecule has 0 bridgehead atoms. The second-order valence-electron chi connectivity index (χ2n) is 4.89. The van der Waals surface area contributed by atoms with E-state index >= 15 is 0 Å². The Labute approximate surface area is 125 Å². The minimum Gasteiger partial charge on any atom is -0.484 e. The second kappa shape index (κ2) is 7.43. The van der Waals surface area contributed by atoms with Crippen molar-refractivity contribution < 1.29 is 9.53 Å². The average molecular weight is 284 g/mol. The number of nitrogens with zero attached hydrogens (tertiary/aromatic N) is 2. The fourth-order valence-electron chi connectivity index (χ4n) is 1.93. The molecule has 4 nitrogen and oxygen atoms in total. The molecule has 1 heterocycles. The molecule has 1 amide bonds. The van der Waals surface area contributed by atoms with Crippen molar-refractivity contribution >= 4 is 5.91 Å². The summed E-state index contributed by atoms with van der Waals surface area (Å²) in [5.41, 5.74) is 2.30. The van der Waals surface area contributed by atoms with Gasteiger partial charge in [0.25, 0.3) is 5.91 Å². The Morgan fingerprint density at radius 2 is 1.76 bits per heavy atom. The van der Waals surface area contributed by atoms with Gasteiger partial charge in [0, 0.05) is 26.0 Å². The van der Waals surface area contributed by atoms with E-state index in [0.717, 1.165) is 17.7 Å². The zero-order valence-corrected chi connectivity index (χ0v) is 12.5. The van der Waals surface area contributed by atoms with E-state index in [9.17, 15) is 4.79 Å². The number of aromatic nitrogens is 1. The fourth-order valence-corrected chi connectivity index (χ4v) is 1.93. The molecule has 0 radical (unpaired) electrons. The summed E-state index contributed by atoms with van der Waals surface area (Å²) in [5, 5.41) is 0. The number of rotatable bonds is 6. The minimum absolute atomic E-state index is 0.0487. The number of hydrogen-bond donors (Lipinski definition) is 0. The van der Waals surface area contributed by atoms with E-state index < -0.39 is 0 Å². The van der Waals surface area contributed by atoms with Crippen LogP contribution in [0.25, 0.3) is 0 Å². The number of carbonyl (C=O) groups excluding carboxylic acids is 1. The van der Waals surface area contributed by atoms with Crippen LogP contribution in [0.4, 0.5) is 0 Å². The molecule has 0 unspecified atom stereocenters. The number of benzene rings is 1. The second-order valence-corrected chi connectivity index (χ2v) is 4.89. The van der Waals surface area contributed by atoms with Crippen LogP contribution in [-0.2, 0) is 17.8 Å². The Bertz CT molecular complexity index is 567. The lowest BCUT2D eigenvalue weighted by molar-refractivity contribution is -0.132. The molecule has 0 aliphatic rings. The van der Waals surface area contributed by atoms with Crippen LogP contribution in [0, 0.1) is 0 Å². The predicted octanol–water partition coefficient (Wildman–Crippen LogP) is 2.68. The van der Waals surface area contributed by atoms with Gasteiger partial charge in [-0.05, 0) is 41.8 Å². The maximum atomic E-state index is 12.0. The van der Waals surface area contributed by atoms with E-state index in [1.165, 1.54) is 5.56 Å². The maximum Gasteiger partial charge on any atom is 0.260 e. The van der Waals surface area contributed by atoms with Gasteiger partial charge in [-0.15, -0.1) is 0 Å². The molecule has 110 valence electrons. The van der Waals surface area contributed by atoms with E-state index in [0.29, 0.717) is 6.54 Å². The molecule has 2 rings (SSSR count). The van der Waals surface area contributed by atoms with Crippen LogP contribution in [-0.4, -0.2) is 29.4 Å². The Kier molecular flexibility index (Phi) is 5.32. The number of hydrogen-bond acceptors (Lipinski definition) is 3. The number of likely N-dealkylation sites (N-methyl/N-ethyl adjacent to an activating group) is 1. The van der Waals surface area contributed by atoms with E-state index in [4.69, 9.17) is 4.74 Å². The summed E-state index contributed by atoms with van der Waals surface area (Å²) < 4.78 is 5.52. The standard InChI is InChI=1S/C17H20N2O2/c1-3-14-4-6-16(7-5-14)21-13-17(20)19(2)12-15-8-10-18-11-9-15/h4-11H,3,12-13H2,1-2H3. The van der Waals surface area contributed by atoms with Crippen molar-refractivity contribution in [1.82, 2.24) is 9.88 Å². The van der Waals surface area contributed by atoms with Gasteiger partial charge in [0.15, 0.2) is 6.61 Å². The average Bonchev–Trinajstić information content (AvgIpc) is 2.54. The third-order valence-electron chi connectivity index (χ3n) is 3.29. The number of carbonyl (C=O) groups is 1. The molecule has 0 saturated heterocycles. The minimum atomic E-state index is -0.0496. The van der Waals surface area contributed by atoms with Gasteiger partial charge in [0.2, 0.25) is 0 Å². The SMILES string of the molecule is CCc1ccc(OCC(=O)N(C)Cc2ccncc2)cc1. The van der Waals surface area contributed by atoms with Crippen molar-refractivity contribution in [1.29, 1.82) is 0 Å². The van der Waals surface area contributed by atoms with E-state index in [-0.39, 0.29) is 12.5 Å². The molecule has 1 aromatic carbocycles. The van der Waals surface area contributed by atoms with Gasteiger partial charge >= 0.3 is 0 Å². The monoisotopic (exact) mass is 284 g/mol. The lowest BCUT2D eigenvalue weighted by Gasteiger charge is -2.17. The van der Waals surface area contributed by atoms with Crippen LogP contribution in [0.15, 0.2) is 48.8 Å². The Balaban J connectivity index is 1.83. The third-order valence-corrected chi connectivity index (χ3v) is 3.29. The Hall–Kier alpha value is -2.36. The Morgan fingerprint density at radius 1 is 1.10 bits per heavy atom. The molecule has 0 fully saturated rings. The first-order chi connectivity index (χ1) is 10.2. The van der Waals surface area contributed by atoms with Crippen LogP contribution in [0.5, 0.6) is 5.75 Å². The summed E-state index contributed by atoms with van der Waals surface area (Å²) in [4.78, 5) is 17.6. The zero-order valence-electron chi connectivity index (χ0n) is 12.5. The summed E-state index contributed by atoms with van der Waals surface area (Å²) in [7, 11) is 1.77. The molecule has 1 aromatic heterocycles. The zero-order chi connectivity index (χ0) is 15.1. The molecule has 0 spiro atoms.